The normalized spacial score (nSPS) is 13.2. The van der Waals surface area contributed by atoms with Crippen LogP contribution in [0, 0.1) is 6.92 Å². The zero-order valence-electron chi connectivity index (χ0n) is 14.1. The van der Waals surface area contributed by atoms with Crippen LogP contribution in [0.5, 0.6) is 0 Å². The summed E-state index contributed by atoms with van der Waals surface area (Å²) in [7, 11) is 1.68. The standard InChI is InChI=1S/C15H15F3N6OS/c1-9-12(13(25)24(22(9)3)11-7-5-4-6-8-11)23-14(19-20-21-23)26-10(2)15(16,17)18/h4-8,10H,1-3H3. The number of benzene rings is 1. The van der Waals surface area contributed by atoms with Gasteiger partial charge >= 0.3 is 6.18 Å². The molecule has 0 N–H and O–H groups in total. The molecular formula is C15H15F3N6OS. The quantitative estimate of drug-likeness (QED) is 0.647. The molecule has 0 spiro atoms. The molecule has 1 atom stereocenters. The van der Waals surface area contributed by atoms with Crippen molar-refractivity contribution in [2.24, 2.45) is 7.05 Å². The lowest BCUT2D eigenvalue weighted by molar-refractivity contribution is -0.125. The maximum Gasteiger partial charge on any atom is 0.400 e. The number of para-hydroxylation sites is 1. The molecule has 2 aromatic heterocycles. The highest BCUT2D eigenvalue weighted by Crippen LogP contribution is 2.34. The number of rotatable bonds is 4. The van der Waals surface area contributed by atoms with Gasteiger partial charge in [-0.15, -0.1) is 5.10 Å². The van der Waals surface area contributed by atoms with Crippen LogP contribution in [0.25, 0.3) is 11.4 Å². The Kier molecular flexibility index (Phi) is 4.65. The van der Waals surface area contributed by atoms with Crippen LogP contribution in [-0.4, -0.2) is 41.0 Å². The molecule has 0 bridgehead atoms. The summed E-state index contributed by atoms with van der Waals surface area (Å²) < 4.78 is 42.6. The summed E-state index contributed by atoms with van der Waals surface area (Å²) in [6.07, 6.45) is -4.41. The molecule has 0 fully saturated rings. The van der Waals surface area contributed by atoms with Crippen LogP contribution in [0.3, 0.4) is 0 Å². The fraction of sp³-hybridized carbons (Fsp3) is 0.333. The van der Waals surface area contributed by atoms with Crippen LogP contribution in [0.2, 0.25) is 0 Å². The van der Waals surface area contributed by atoms with E-state index in [1.165, 1.54) is 4.68 Å². The van der Waals surface area contributed by atoms with E-state index >= 15 is 0 Å². The zero-order valence-corrected chi connectivity index (χ0v) is 14.9. The highest BCUT2D eigenvalue weighted by molar-refractivity contribution is 7.99. The molecule has 11 heteroatoms. The van der Waals surface area contributed by atoms with Crippen molar-refractivity contribution in [2.45, 2.75) is 30.4 Å². The van der Waals surface area contributed by atoms with Crippen LogP contribution in [-0.2, 0) is 7.05 Å². The monoisotopic (exact) mass is 384 g/mol. The van der Waals surface area contributed by atoms with Crippen LogP contribution in [0.15, 0.2) is 40.3 Å². The molecule has 2 heterocycles. The molecule has 0 saturated carbocycles. The smallest absolute Gasteiger partial charge is 0.283 e. The Bertz CT molecular complexity index is 976. The van der Waals surface area contributed by atoms with Crippen LogP contribution in [0.4, 0.5) is 13.2 Å². The van der Waals surface area contributed by atoms with Crippen molar-refractivity contribution in [1.82, 2.24) is 29.6 Å². The number of halogens is 3. The van der Waals surface area contributed by atoms with Gasteiger partial charge in [-0.1, -0.05) is 30.0 Å². The summed E-state index contributed by atoms with van der Waals surface area (Å²) >= 11 is 0.451. The molecule has 0 radical (unpaired) electrons. The highest BCUT2D eigenvalue weighted by atomic mass is 32.2. The molecule has 0 aliphatic carbocycles. The van der Waals surface area contributed by atoms with E-state index in [-0.39, 0.29) is 10.8 Å². The minimum Gasteiger partial charge on any atom is -0.283 e. The summed E-state index contributed by atoms with van der Waals surface area (Å²) in [6.45, 7) is 2.70. The van der Waals surface area contributed by atoms with Crippen LogP contribution in [0.1, 0.15) is 12.6 Å². The summed E-state index contributed by atoms with van der Waals surface area (Å²) in [5.74, 6) is 0. The first-order valence-corrected chi connectivity index (χ1v) is 8.46. The van der Waals surface area contributed by atoms with E-state index in [1.54, 1.807) is 42.9 Å². The molecular weight excluding hydrogens is 369 g/mol. The van der Waals surface area contributed by atoms with Gasteiger partial charge in [-0.2, -0.15) is 17.9 Å². The summed E-state index contributed by atoms with van der Waals surface area (Å²) in [5.41, 5.74) is 0.830. The molecule has 3 rings (SSSR count). The van der Waals surface area contributed by atoms with Gasteiger partial charge in [-0.05, 0) is 36.4 Å². The van der Waals surface area contributed by atoms with Gasteiger partial charge in [-0.3, -0.25) is 9.48 Å². The molecule has 0 amide bonds. The average molecular weight is 384 g/mol. The molecule has 1 aromatic carbocycles. The van der Waals surface area contributed by atoms with Gasteiger partial charge in [0.1, 0.15) is 5.25 Å². The highest BCUT2D eigenvalue weighted by Gasteiger charge is 2.38. The zero-order chi connectivity index (χ0) is 19.1. The molecule has 0 aliphatic heterocycles. The Hall–Kier alpha value is -2.56. The van der Waals surface area contributed by atoms with Gasteiger partial charge in [0.2, 0.25) is 5.16 Å². The van der Waals surface area contributed by atoms with Crippen LogP contribution < -0.4 is 5.56 Å². The number of thioether (sulfide) groups is 1. The molecule has 26 heavy (non-hydrogen) atoms. The van der Waals surface area contributed by atoms with Crippen molar-refractivity contribution in [2.75, 3.05) is 0 Å². The Morgan fingerprint density at radius 2 is 1.85 bits per heavy atom. The Labute approximate surface area is 150 Å². The van der Waals surface area contributed by atoms with Gasteiger partial charge in [0, 0.05) is 7.05 Å². The Morgan fingerprint density at radius 3 is 2.46 bits per heavy atom. The number of alkyl halides is 3. The Morgan fingerprint density at radius 1 is 1.19 bits per heavy atom. The fourth-order valence-corrected chi connectivity index (χ4v) is 3.18. The summed E-state index contributed by atoms with van der Waals surface area (Å²) in [4.78, 5) is 12.9. The minimum absolute atomic E-state index is 0.0964. The van der Waals surface area contributed by atoms with Gasteiger partial charge in [0.15, 0.2) is 5.69 Å². The first-order valence-electron chi connectivity index (χ1n) is 7.58. The van der Waals surface area contributed by atoms with Crippen LogP contribution >= 0.6 is 11.8 Å². The number of tetrazole rings is 1. The number of hydrogen-bond donors (Lipinski definition) is 0. The van der Waals surface area contributed by atoms with Crippen molar-refractivity contribution < 1.29 is 13.2 Å². The largest absolute Gasteiger partial charge is 0.400 e. The van der Waals surface area contributed by atoms with E-state index in [1.807, 2.05) is 6.07 Å². The predicted molar refractivity (Wildman–Crippen MR) is 89.8 cm³/mol. The SMILES string of the molecule is Cc1c(-n2nnnc2SC(C)C(F)(F)F)c(=O)n(-c2ccccc2)n1C. The molecule has 138 valence electrons. The summed E-state index contributed by atoms with van der Waals surface area (Å²) in [5, 5.41) is 9.01. The summed E-state index contributed by atoms with van der Waals surface area (Å²) in [6, 6.07) is 8.90. The lowest BCUT2D eigenvalue weighted by Gasteiger charge is -2.13. The Balaban J connectivity index is 2.11. The fourth-order valence-electron chi connectivity index (χ4n) is 2.42. The predicted octanol–water partition coefficient (Wildman–Crippen LogP) is 2.50. The van der Waals surface area contributed by atoms with E-state index in [4.69, 9.17) is 0 Å². The lowest BCUT2D eigenvalue weighted by Crippen LogP contribution is -2.24. The lowest BCUT2D eigenvalue weighted by atomic mass is 10.3. The van der Waals surface area contributed by atoms with Gasteiger partial charge in [0.05, 0.1) is 11.4 Å². The van der Waals surface area contributed by atoms with Crippen molar-refractivity contribution in [3.63, 3.8) is 0 Å². The molecule has 3 aromatic rings. The first-order chi connectivity index (χ1) is 12.2. The van der Waals surface area contributed by atoms with Gasteiger partial charge in [0.25, 0.3) is 5.56 Å². The second-order valence-electron chi connectivity index (χ2n) is 5.59. The molecule has 7 nitrogen and oxygen atoms in total. The average Bonchev–Trinajstić information content (AvgIpc) is 3.10. The van der Waals surface area contributed by atoms with E-state index in [2.05, 4.69) is 15.5 Å². The van der Waals surface area contributed by atoms with Gasteiger partial charge in [-0.25, -0.2) is 4.68 Å². The van der Waals surface area contributed by atoms with Crippen molar-refractivity contribution in [3.05, 3.63) is 46.4 Å². The third-order valence-corrected chi connectivity index (χ3v) is 5.01. The number of aromatic nitrogens is 6. The number of nitrogens with zero attached hydrogens (tertiary/aromatic N) is 6. The van der Waals surface area contributed by atoms with Crippen molar-refractivity contribution in [3.8, 4) is 11.4 Å². The second-order valence-corrected chi connectivity index (χ2v) is 6.89. The maximum atomic E-state index is 12.9. The first kappa shape index (κ1) is 18.2. The van der Waals surface area contributed by atoms with E-state index in [0.29, 0.717) is 23.1 Å². The van der Waals surface area contributed by atoms with Crippen molar-refractivity contribution >= 4 is 11.8 Å². The maximum absolute atomic E-state index is 12.9. The minimum atomic E-state index is -4.41. The third-order valence-electron chi connectivity index (χ3n) is 3.92. The van der Waals surface area contributed by atoms with E-state index < -0.39 is 17.0 Å². The second kappa shape index (κ2) is 6.63. The van der Waals surface area contributed by atoms with Gasteiger partial charge < -0.3 is 0 Å². The van der Waals surface area contributed by atoms with E-state index in [9.17, 15) is 18.0 Å². The molecule has 0 saturated heterocycles. The van der Waals surface area contributed by atoms with Crippen molar-refractivity contribution in [1.29, 1.82) is 0 Å². The molecule has 0 aliphatic rings. The third kappa shape index (κ3) is 3.14. The number of hydrogen-bond acceptors (Lipinski definition) is 5. The topological polar surface area (TPSA) is 70.5 Å². The van der Waals surface area contributed by atoms with E-state index in [0.717, 1.165) is 11.6 Å². The molecule has 1 unspecified atom stereocenters.